The van der Waals surface area contributed by atoms with Gasteiger partial charge in [-0.2, -0.15) is 0 Å². The maximum Gasteiger partial charge on any atom is 0.0922 e. The topological polar surface area (TPSA) is 51.8 Å². The number of hydrogen-bond acceptors (Lipinski definition) is 4. The predicted octanol–water partition coefficient (Wildman–Crippen LogP) is 1.97. The second-order valence-electron chi connectivity index (χ2n) is 3.19. The first kappa shape index (κ1) is 9.61. The highest BCUT2D eigenvalue weighted by Gasteiger charge is 2.11. The van der Waals surface area contributed by atoms with Crippen LogP contribution in [0, 0.1) is 5.92 Å². The van der Waals surface area contributed by atoms with Crippen LogP contribution in [0.2, 0.25) is 0 Å². The van der Waals surface area contributed by atoms with Gasteiger partial charge in [0.2, 0.25) is 0 Å². The lowest BCUT2D eigenvalue weighted by molar-refractivity contribution is 0.455. The van der Waals surface area contributed by atoms with Gasteiger partial charge in [-0.1, -0.05) is 24.8 Å². The summed E-state index contributed by atoms with van der Waals surface area (Å²) in [6.07, 6.45) is 2.17. The molecule has 0 amide bonds. The van der Waals surface area contributed by atoms with Gasteiger partial charge >= 0.3 is 0 Å². The molecule has 0 saturated carbocycles. The summed E-state index contributed by atoms with van der Waals surface area (Å²) in [4.78, 5) is 0. The lowest BCUT2D eigenvalue weighted by Crippen LogP contribution is -2.14. The lowest BCUT2D eigenvalue weighted by atomic mass is 9.99. The molecule has 0 radical (unpaired) electrons. The quantitative estimate of drug-likeness (QED) is 0.780. The van der Waals surface area contributed by atoms with Crippen LogP contribution >= 0.6 is 11.5 Å². The SMILES string of the molecule is CCC(C)CC(N)c1csnn1. The van der Waals surface area contributed by atoms with Gasteiger partial charge in [0.05, 0.1) is 11.7 Å². The zero-order valence-corrected chi connectivity index (χ0v) is 8.34. The summed E-state index contributed by atoms with van der Waals surface area (Å²) in [6.45, 7) is 4.39. The molecule has 1 aromatic rings. The smallest absolute Gasteiger partial charge is 0.0922 e. The number of rotatable bonds is 4. The predicted molar refractivity (Wildman–Crippen MR) is 50.9 cm³/mol. The minimum absolute atomic E-state index is 0.0682. The molecule has 0 aromatic carbocycles. The molecule has 0 spiro atoms. The van der Waals surface area contributed by atoms with E-state index in [1.807, 2.05) is 5.38 Å². The van der Waals surface area contributed by atoms with E-state index in [1.165, 1.54) is 18.0 Å². The Bertz CT molecular complexity index is 210. The summed E-state index contributed by atoms with van der Waals surface area (Å²) in [5, 5.41) is 5.87. The van der Waals surface area contributed by atoms with Crippen LogP contribution in [0.1, 0.15) is 38.4 Å². The summed E-state index contributed by atoms with van der Waals surface area (Å²) in [7, 11) is 0. The van der Waals surface area contributed by atoms with Gasteiger partial charge in [-0.05, 0) is 23.9 Å². The number of nitrogens with two attached hydrogens (primary N) is 1. The summed E-state index contributed by atoms with van der Waals surface area (Å²) in [6, 6.07) is 0.0682. The van der Waals surface area contributed by atoms with Crippen LogP contribution < -0.4 is 5.73 Å². The molecule has 1 heterocycles. The monoisotopic (exact) mass is 185 g/mol. The van der Waals surface area contributed by atoms with Gasteiger partial charge in [0.15, 0.2) is 0 Å². The Labute approximate surface area is 77.2 Å². The Morgan fingerprint density at radius 3 is 2.92 bits per heavy atom. The molecule has 4 heteroatoms. The van der Waals surface area contributed by atoms with E-state index in [2.05, 4.69) is 23.4 Å². The number of nitrogens with zero attached hydrogens (tertiary/aromatic N) is 2. The van der Waals surface area contributed by atoms with Crippen molar-refractivity contribution in [2.45, 2.75) is 32.7 Å². The summed E-state index contributed by atoms with van der Waals surface area (Å²) < 4.78 is 3.79. The van der Waals surface area contributed by atoms with Crippen molar-refractivity contribution in [2.75, 3.05) is 0 Å². The normalized spacial score (nSPS) is 15.9. The van der Waals surface area contributed by atoms with Crippen molar-refractivity contribution in [2.24, 2.45) is 11.7 Å². The second kappa shape index (κ2) is 4.52. The maximum absolute atomic E-state index is 5.92. The molecule has 2 unspecified atom stereocenters. The van der Waals surface area contributed by atoms with E-state index in [0.29, 0.717) is 5.92 Å². The van der Waals surface area contributed by atoms with E-state index in [4.69, 9.17) is 5.73 Å². The molecule has 0 aliphatic rings. The third-order valence-electron chi connectivity index (χ3n) is 2.11. The van der Waals surface area contributed by atoms with Crippen molar-refractivity contribution in [3.05, 3.63) is 11.1 Å². The summed E-state index contributed by atoms with van der Waals surface area (Å²) in [5.74, 6) is 0.668. The van der Waals surface area contributed by atoms with E-state index in [9.17, 15) is 0 Å². The van der Waals surface area contributed by atoms with E-state index in [0.717, 1.165) is 12.1 Å². The first-order chi connectivity index (χ1) is 5.74. The summed E-state index contributed by atoms with van der Waals surface area (Å²) >= 11 is 1.36. The van der Waals surface area contributed by atoms with E-state index < -0.39 is 0 Å². The second-order valence-corrected chi connectivity index (χ2v) is 3.80. The largest absolute Gasteiger partial charge is 0.323 e. The Morgan fingerprint density at radius 2 is 2.42 bits per heavy atom. The Morgan fingerprint density at radius 1 is 1.67 bits per heavy atom. The molecule has 68 valence electrons. The van der Waals surface area contributed by atoms with Gasteiger partial charge in [0.1, 0.15) is 0 Å². The van der Waals surface area contributed by atoms with Crippen LogP contribution in [0.15, 0.2) is 5.38 Å². The third kappa shape index (κ3) is 2.53. The fourth-order valence-electron chi connectivity index (χ4n) is 1.05. The van der Waals surface area contributed by atoms with Gasteiger partial charge in [0.25, 0.3) is 0 Å². The van der Waals surface area contributed by atoms with Crippen LogP contribution in [0.5, 0.6) is 0 Å². The van der Waals surface area contributed by atoms with Crippen molar-refractivity contribution in [3.63, 3.8) is 0 Å². The minimum atomic E-state index is 0.0682. The number of hydrogen-bond donors (Lipinski definition) is 1. The molecule has 0 saturated heterocycles. The van der Waals surface area contributed by atoms with Crippen LogP contribution in [0.4, 0.5) is 0 Å². The van der Waals surface area contributed by atoms with Crippen LogP contribution in [-0.4, -0.2) is 9.59 Å². The van der Waals surface area contributed by atoms with Crippen molar-refractivity contribution in [1.82, 2.24) is 9.59 Å². The standard InChI is InChI=1S/C8H15N3S/c1-3-6(2)4-7(9)8-5-12-11-10-8/h5-7H,3-4,9H2,1-2H3. The first-order valence-electron chi connectivity index (χ1n) is 4.26. The highest BCUT2D eigenvalue weighted by atomic mass is 32.1. The Balaban J connectivity index is 2.44. The molecule has 0 fully saturated rings. The molecule has 2 N–H and O–H groups in total. The van der Waals surface area contributed by atoms with E-state index >= 15 is 0 Å². The fourth-order valence-corrected chi connectivity index (χ4v) is 1.57. The minimum Gasteiger partial charge on any atom is -0.323 e. The molecule has 0 bridgehead atoms. The van der Waals surface area contributed by atoms with Gasteiger partial charge in [0, 0.05) is 5.38 Å². The van der Waals surface area contributed by atoms with Gasteiger partial charge < -0.3 is 5.73 Å². The summed E-state index contributed by atoms with van der Waals surface area (Å²) in [5.41, 5.74) is 6.85. The van der Waals surface area contributed by atoms with Crippen molar-refractivity contribution in [1.29, 1.82) is 0 Å². The molecule has 2 atom stereocenters. The maximum atomic E-state index is 5.92. The van der Waals surface area contributed by atoms with Gasteiger partial charge in [-0.3, -0.25) is 0 Å². The molecule has 0 aliphatic carbocycles. The van der Waals surface area contributed by atoms with E-state index in [-0.39, 0.29) is 6.04 Å². The lowest BCUT2D eigenvalue weighted by Gasteiger charge is -2.12. The van der Waals surface area contributed by atoms with Crippen LogP contribution in [0.3, 0.4) is 0 Å². The highest BCUT2D eigenvalue weighted by molar-refractivity contribution is 7.03. The molecule has 3 nitrogen and oxygen atoms in total. The number of aromatic nitrogens is 2. The average Bonchev–Trinajstić information content (AvgIpc) is 2.56. The fraction of sp³-hybridized carbons (Fsp3) is 0.750. The first-order valence-corrected chi connectivity index (χ1v) is 5.10. The van der Waals surface area contributed by atoms with E-state index in [1.54, 1.807) is 0 Å². The molecule has 0 aliphatic heterocycles. The molecular formula is C8H15N3S. The molecule has 1 rings (SSSR count). The van der Waals surface area contributed by atoms with Crippen molar-refractivity contribution in [3.8, 4) is 0 Å². The molecule has 12 heavy (non-hydrogen) atoms. The highest BCUT2D eigenvalue weighted by Crippen LogP contribution is 2.19. The van der Waals surface area contributed by atoms with Gasteiger partial charge in [-0.15, -0.1) is 5.10 Å². The van der Waals surface area contributed by atoms with Gasteiger partial charge in [-0.25, -0.2) is 0 Å². The van der Waals surface area contributed by atoms with Crippen molar-refractivity contribution >= 4 is 11.5 Å². The van der Waals surface area contributed by atoms with Crippen molar-refractivity contribution < 1.29 is 0 Å². The zero-order valence-electron chi connectivity index (χ0n) is 7.53. The van der Waals surface area contributed by atoms with Crippen LogP contribution in [0.25, 0.3) is 0 Å². The van der Waals surface area contributed by atoms with Crippen LogP contribution in [-0.2, 0) is 0 Å². The Kier molecular flexibility index (Phi) is 3.62. The molecule has 1 aromatic heterocycles. The zero-order chi connectivity index (χ0) is 8.97. The Hall–Kier alpha value is -0.480. The third-order valence-corrected chi connectivity index (χ3v) is 2.63. The molecular weight excluding hydrogens is 170 g/mol. The average molecular weight is 185 g/mol.